The molecule has 0 saturated carbocycles. The number of nitrogens with two attached hydrogens (primary N) is 2. The van der Waals surface area contributed by atoms with Crippen LogP contribution >= 0.6 is 0 Å². The first kappa shape index (κ1) is 13.4. The molecule has 0 aromatic heterocycles. The summed E-state index contributed by atoms with van der Waals surface area (Å²) >= 11 is 0. The van der Waals surface area contributed by atoms with Gasteiger partial charge in [0, 0.05) is 13.1 Å². The third-order valence-electron chi connectivity index (χ3n) is 2.86. The first-order chi connectivity index (χ1) is 7.76. The lowest BCUT2D eigenvalue weighted by molar-refractivity contribution is -0.150. The molecule has 1 aliphatic rings. The van der Waals surface area contributed by atoms with Gasteiger partial charge in [0.1, 0.15) is 5.54 Å². The van der Waals surface area contributed by atoms with E-state index in [0.29, 0.717) is 13.1 Å². The van der Waals surface area contributed by atoms with E-state index >= 15 is 0 Å². The Morgan fingerprint density at radius 3 is 2.65 bits per heavy atom. The number of carbonyl (C=O) groups is 3. The van der Waals surface area contributed by atoms with E-state index in [9.17, 15) is 14.4 Å². The van der Waals surface area contributed by atoms with Crippen LogP contribution in [0.2, 0.25) is 0 Å². The molecule has 0 radical (unpaired) electrons. The summed E-state index contributed by atoms with van der Waals surface area (Å²) in [6, 6.07) is -0.988. The van der Waals surface area contributed by atoms with Crippen molar-refractivity contribution in [1.29, 1.82) is 0 Å². The van der Waals surface area contributed by atoms with E-state index in [1.54, 1.807) is 13.8 Å². The van der Waals surface area contributed by atoms with Gasteiger partial charge in [-0.05, 0) is 13.8 Å². The fourth-order valence-corrected chi connectivity index (χ4v) is 1.79. The van der Waals surface area contributed by atoms with E-state index in [4.69, 9.17) is 11.5 Å². The second-order valence-electron chi connectivity index (χ2n) is 4.58. The van der Waals surface area contributed by atoms with E-state index in [0.717, 1.165) is 0 Å². The van der Waals surface area contributed by atoms with Crippen LogP contribution in [0, 0.1) is 0 Å². The summed E-state index contributed by atoms with van der Waals surface area (Å²) in [5.74, 6) is -1.29. The molecular formula is C10H18N4O3. The molecule has 1 fully saturated rings. The summed E-state index contributed by atoms with van der Waals surface area (Å²) in [5.41, 5.74) is 9.62. The zero-order valence-electron chi connectivity index (χ0n) is 10.0. The lowest BCUT2D eigenvalue weighted by atomic mass is 9.97. The SMILES string of the molecule is CC1(C)C(=O)NCCN1C(=O)C(N)CC(N)=O. The molecule has 7 nitrogen and oxygen atoms in total. The first-order valence-electron chi connectivity index (χ1n) is 5.40. The van der Waals surface area contributed by atoms with Crippen molar-refractivity contribution in [2.24, 2.45) is 11.5 Å². The Labute approximate surface area is 99.5 Å². The molecule has 1 aliphatic heterocycles. The number of primary amides is 1. The summed E-state index contributed by atoms with van der Waals surface area (Å²) < 4.78 is 0. The second kappa shape index (κ2) is 4.70. The normalized spacial score (nSPS) is 20.6. The Morgan fingerprint density at radius 1 is 1.53 bits per heavy atom. The lowest BCUT2D eigenvalue weighted by Gasteiger charge is -2.42. The number of nitrogens with one attached hydrogen (secondary N) is 1. The average molecular weight is 242 g/mol. The van der Waals surface area contributed by atoms with E-state index in [2.05, 4.69) is 5.32 Å². The maximum Gasteiger partial charge on any atom is 0.245 e. The van der Waals surface area contributed by atoms with Crippen molar-refractivity contribution in [2.45, 2.75) is 31.8 Å². The van der Waals surface area contributed by atoms with E-state index in [-0.39, 0.29) is 12.3 Å². The third kappa shape index (κ3) is 2.73. The molecule has 0 aromatic rings. The highest BCUT2D eigenvalue weighted by Crippen LogP contribution is 2.18. The van der Waals surface area contributed by atoms with Gasteiger partial charge in [-0.1, -0.05) is 0 Å². The van der Waals surface area contributed by atoms with Crippen LogP contribution in [0.1, 0.15) is 20.3 Å². The van der Waals surface area contributed by atoms with Crippen LogP contribution < -0.4 is 16.8 Å². The number of carbonyl (C=O) groups excluding carboxylic acids is 3. The minimum Gasteiger partial charge on any atom is -0.370 e. The second-order valence-corrected chi connectivity index (χ2v) is 4.58. The Kier molecular flexibility index (Phi) is 3.72. The summed E-state index contributed by atoms with van der Waals surface area (Å²) in [7, 11) is 0. The van der Waals surface area contributed by atoms with Gasteiger partial charge in [-0.25, -0.2) is 0 Å². The number of rotatable bonds is 3. The first-order valence-corrected chi connectivity index (χ1v) is 5.40. The van der Waals surface area contributed by atoms with Crippen molar-refractivity contribution in [3.63, 3.8) is 0 Å². The van der Waals surface area contributed by atoms with Gasteiger partial charge in [-0.3, -0.25) is 14.4 Å². The van der Waals surface area contributed by atoms with Gasteiger partial charge in [-0.15, -0.1) is 0 Å². The molecule has 17 heavy (non-hydrogen) atoms. The van der Waals surface area contributed by atoms with E-state index < -0.39 is 23.4 Å². The Morgan fingerprint density at radius 2 is 2.12 bits per heavy atom. The van der Waals surface area contributed by atoms with Crippen molar-refractivity contribution in [3.8, 4) is 0 Å². The molecule has 0 spiro atoms. The highest BCUT2D eigenvalue weighted by Gasteiger charge is 2.41. The van der Waals surface area contributed by atoms with Crippen LogP contribution in [0.3, 0.4) is 0 Å². The van der Waals surface area contributed by atoms with Crippen LogP contribution in [0.25, 0.3) is 0 Å². The molecule has 1 rings (SSSR count). The van der Waals surface area contributed by atoms with Crippen molar-refractivity contribution < 1.29 is 14.4 Å². The van der Waals surface area contributed by atoms with Gasteiger partial charge >= 0.3 is 0 Å². The minimum absolute atomic E-state index is 0.215. The third-order valence-corrected chi connectivity index (χ3v) is 2.86. The predicted octanol–water partition coefficient (Wildman–Crippen LogP) is -2.07. The number of nitrogens with zero attached hydrogens (tertiary/aromatic N) is 1. The quantitative estimate of drug-likeness (QED) is 0.526. The molecule has 1 heterocycles. The number of piperazine rings is 1. The number of hydrogen-bond acceptors (Lipinski definition) is 4. The molecule has 0 bridgehead atoms. The molecule has 0 aliphatic carbocycles. The Hall–Kier alpha value is -1.63. The highest BCUT2D eigenvalue weighted by molar-refractivity contribution is 5.94. The Balaban J connectivity index is 2.80. The lowest BCUT2D eigenvalue weighted by Crippen LogP contribution is -2.65. The molecule has 3 amide bonds. The van der Waals surface area contributed by atoms with Crippen LogP contribution in [0.4, 0.5) is 0 Å². The molecule has 1 saturated heterocycles. The summed E-state index contributed by atoms with van der Waals surface area (Å²) in [5, 5.41) is 2.67. The van der Waals surface area contributed by atoms with Crippen molar-refractivity contribution in [2.75, 3.05) is 13.1 Å². The molecule has 1 atom stereocenters. The predicted molar refractivity (Wildman–Crippen MR) is 60.6 cm³/mol. The zero-order valence-corrected chi connectivity index (χ0v) is 10.0. The molecule has 1 unspecified atom stereocenters. The van der Waals surface area contributed by atoms with E-state index in [1.165, 1.54) is 4.90 Å². The zero-order chi connectivity index (χ0) is 13.2. The van der Waals surface area contributed by atoms with E-state index in [1.807, 2.05) is 0 Å². The van der Waals surface area contributed by atoms with Gasteiger partial charge in [-0.2, -0.15) is 0 Å². The van der Waals surface area contributed by atoms with Gasteiger partial charge < -0.3 is 21.7 Å². The van der Waals surface area contributed by atoms with Crippen LogP contribution in [0.5, 0.6) is 0 Å². The van der Waals surface area contributed by atoms with Gasteiger partial charge in [0.2, 0.25) is 17.7 Å². The van der Waals surface area contributed by atoms with Crippen LogP contribution in [0.15, 0.2) is 0 Å². The van der Waals surface area contributed by atoms with Gasteiger partial charge in [0.05, 0.1) is 12.5 Å². The maximum absolute atomic E-state index is 12.0. The molecule has 5 N–H and O–H groups in total. The number of amides is 3. The number of hydrogen-bond donors (Lipinski definition) is 3. The fraction of sp³-hybridized carbons (Fsp3) is 0.700. The van der Waals surface area contributed by atoms with Crippen LogP contribution in [-0.4, -0.2) is 47.3 Å². The fourth-order valence-electron chi connectivity index (χ4n) is 1.79. The maximum atomic E-state index is 12.0. The van der Waals surface area contributed by atoms with Gasteiger partial charge in [0.25, 0.3) is 0 Å². The van der Waals surface area contributed by atoms with Crippen LogP contribution in [-0.2, 0) is 14.4 Å². The van der Waals surface area contributed by atoms with Crippen molar-refractivity contribution >= 4 is 17.7 Å². The molecule has 96 valence electrons. The minimum atomic E-state index is -0.988. The topological polar surface area (TPSA) is 119 Å². The smallest absolute Gasteiger partial charge is 0.245 e. The standard InChI is InChI=1S/C10H18N4O3/c1-10(2)9(17)13-3-4-14(10)8(16)6(11)5-7(12)15/h6H,3-5,11H2,1-2H3,(H2,12,15)(H,13,17). The molecule has 7 heteroatoms. The Bertz CT molecular complexity index is 353. The monoisotopic (exact) mass is 242 g/mol. The molecular weight excluding hydrogens is 224 g/mol. The summed E-state index contributed by atoms with van der Waals surface area (Å²) in [4.78, 5) is 35.7. The average Bonchev–Trinajstić information content (AvgIpc) is 2.20. The van der Waals surface area contributed by atoms with Crippen molar-refractivity contribution in [1.82, 2.24) is 10.2 Å². The molecule has 0 aromatic carbocycles. The van der Waals surface area contributed by atoms with Crippen molar-refractivity contribution in [3.05, 3.63) is 0 Å². The largest absolute Gasteiger partial charge is 0.370 e. The van der Waals surface area contributed by atoms with Gasteiger partial charge in [0.15, 0.2) is 0 Å². The highest BCUT2D eigenvalue weighted by atomic mass is 16.2. The summed E-state index contributed by atoms with van der Waals surface area (Å²) in [6.07, 6.45) is -0.215. The summed E-state index contributed by atoms with van der Waals surface area (Å²) in [6.45, 7) is 4.04.